The number of carbonyl (C=O) groups is 1. The minimum absolute atomic E-state index is 0.0578. The molecule has 2 aromatic rings. The number of nitrogens with zero attached hydrogens (tertiary/aromatic N) is 2. The Kier molecular flexibility index (Phi) is 3.68. The van der Waals surface area contributed by atoms with E-state index in [9.17, 15) is 9.90 Å². The maximum atomic E-state index is 10.7. The zero-order chi connectivity index (χ0) is 14.8. The van der Waals surface area contributed by atoms with Gasteiger partial charge in [0.25, 0.3) is 6.47 Å². The molecular formula is C15H19N3O3. The smallest absolute Gasteiger partial charge is 0.298 e. The van der Waals surface area contributed by atoms with E-state index in [2.05, 4.69) is 17.3 Å². The van der Waals surface area contributed by atoms with Gasteiger partial charge in [0.2, 0.25) is 5.88 Å². The number of rotatable bonds is 4. The highest BCUT2D eigenvalue weighted by Gasteiger charge is 2.24. The number of aromatic hydroxyl groups is 1. The second-order valence-electron chi connectivity index (χ2n) is 5.60. The Bertz CT molecular complexity index is 653. The molecule has 2 atom stereocenters. The number of fused-ring (bicyclic) bond motifs is 1. The predicted octanol–water partition coefficient (Wildman–Crippen LogP) is 2.57. The summed E-state index contributed by atoms with van der Waals surface area (Å²) in [6.45, 7) is 2.62. The molecule has 0 aromatic carbocycles. The summed E-state index contributed by atoms with van der Waals surface area (Å²) in [4.78, 5) is 10.7. The van der Waals surface area contributed by atoms with Gasteiger partial charge < -0.3 is 15.2 Å². The maximum Gasteiger partial charge on any atom is 0.298 e. The number of ether oxygens (including phenoxy) is 1. The fraction of sp³-hybridized carbons (Fsp3) is 0.467. The van der Waals surface area contributed by atoms with Gasteiger partial charge in [0, 0.05) is 12.1 Å². The summed E-state index contributed by atoms with van der Waals surface area (Å²) in [7, 11) is 0. The number of aromatic nitrogens is 2. The van der Waals surface area contributed by atoms with E-state index in [1.54, 1.807) is 12.1 Å². The third-order valence-corrected chi connectivity index (χ3v) is 4.24. The zero-order valence-corrected chi connectivity index (χ0v) is 12.0. The summed E-state index contributed by atoms with van der Waals surface area (Å²) in [6, 6.07) is 3.66. The lowest BCUT2D eigenvalue weighted by Crippen LogP contribution is -2.30. The monoisotopic (exact) mass is 289 g/mol. The summed E-state index contributed by atoms with van der Waals surface area (Å²) in [5.74, 6) is 0.996. The van der Waals surface area contributed by atoms with Crippen molar-refractivity contribution in [2.75, 3.05) is 5.32 Å². The van der Waals surface area contributed by atoms with Crippen LogP contribution in [0.2, 0.25) is 0 Å². The Morgan fingerprint density at radius 2 is 2.24 bits per heavy atom. The molecule has 0 radical (unpaired) electrons. The highest BCUT2D eigenvalue weighted by atomic mass is 16.5. The van der Waals surface area contributed by atoms with E-state index in [4.69, 9.17) is 4.74 Å². The molecule has 2 unspecified atom stereocenters. The second-order valence-corrected chi connectivity index (χ2v) is 5.60. The lowest BCUT2D eigenvalue weighted by molar-refractivity contribution is -0.120. The van der Waals surface area contributed by atoms with Crippen LogP contribution in [0.1, 0.15) is 32.6 Å². The van der Waals surface area contributed by atoms with Crippen molar-refractivity contribution in [3.05, 3.63) is 18.3 Å². The van der Waals surface area contributed by atoms with Gasteiger partial charge in [-0.25, -0.2) is 0 Å². The zero-order valence-electron chi connectivity index (χ0n) is 12.0. The van der Waals surface area contributed by atoms with Gasteiger partial charge in [-0.15, -0.1) is 0 Å². The fourth-order valence-electron chi connectivity index (χ4n) is 3.03. The molecule has 3 rings (SSSR count). The summed E-state index contributed by atoms with van der Waals surface area (Å²) in [5.41, 5.74) is 1.40. The van der Waals surface area contributed by atoms with Crippen LogP contribution in [0.15, 0.2) is 18.3 Å². The third kappa shape index (κ3) is 2.53. The largest absolute Gasteiger partial charge is 0.493 e. The molecule has 1 aliphatic carbocycles. The molecule has 1 aliphatic rings. The normalized spacial score (nSPS) is 22.1. The van der Waals surface area contributed by atoms with Crippen molar-refractivity contribution in [1.29, 1.82) is 0 Å². The minimum Gasteiger partial charge on any atom is -0.493 e. The Balaban J connectivity index is 2.01. The maximum absolute atomic E-state index is 10.7. The van der Waals surface area contributed by atoms with Gasteiger partial charge in [0.1, 0.15) is 5.69 Å². The van der Waals surface area contributed by atoms with E-state index in [1.807, 2.05) is 0 Å². The van der Waals surface area contributed by atoms with Crippen molar-refractivity contribution in [2.45, 2.75) is 38.6 Å². The lowest BCUT2D eigenvalue weighted by atomic mass is 9.86. The molecule has 1 fully saturated rings. The molecule has 0 bridgehead atoms. The van der Waals surface area contributed by atoms with Crippen molar-refractivity contribution in [3.8, 4) is 11.6 Å². The van der Waals surface area contributed by atoms with E-state index < -0.39 is 0 Å². The quantitative estimate of drug-likeness (QED) is 0.846. The highest BCUT2D eigenvalue weighted by molar-refractivity contribution is 5.80. The first-order chi connectivity index (χ1) is 10.2. The SMILES string of the molecule is CC1CCCCC1Nc1c(OC=O)cnn2c(O)ccc12. The summed E-state index contributed by atoms with van der Waals surface area (Å²) in [5, 5.41) is 17.3. The number of nitrogens with one attached hydrogen (secondary N) is 1. The first kappa shape index (κ1) is 13.7. The topological polar surface area (TPSA) is 75.9 Å². The molecule has 0 spiro atoms. The summed E-state index contributed by atoms with van der Waals surface area (Å²) in [6.07, 6.45) is 6.17. The third-order valence-electron chi connectivity index (χ3n) is 4.24. The minimum atomic E-state index is 0.0578. The van der Waals surface area contributed by atoms with Gasteiger partial charge in [-0.05, 0) is 24.8 Å². The van der Waals surface area contributed by atoms with Crippen molar-refractivity contribution in [1.82, 2.24) is 9.61 Å². The van der Waals surface area contributed by atoms with Gasteiger partial charge >= 0.3 is 0 Å². The highest BCUT2D eigenvalue weighted by Crippen LogP contribution is 2.34. The molecule has 112 valence electrons. The van der Waals surface area contributed by atoms with Gasteiger partial charge in [-0.3, -0.25) is 4.79 Å². The fourth-order valence-corrected chi connectivity index (χ4v) is 3.03. The van der Waals surface area contributed by atoms with Crippen molar-refractivity contribution < 1.29 is 14.6 Å². The van der Waals surface area contributed by atoms with Crippen LogP contribution in [0.3, 0.4) is 0 Å². The molecule has 0 amide bonds. The second kappa shape index (κ2) is 5.63. The van der Waals surface area contributed by atoms with E-state index in [0.717, 1.165) is 6.42 Å². The first-order valence-electron chi connectivity index (χ1n) is 7.27. The van der Waals surface area contributed by atoms with Crippen LogP contribution in [-0.4, -0.2) is 27.2 Å². The molecule has 6 heteroatoms. The average Bonchev–Trinajstić information content (AvgIpc) is 2.85. The van der Waals surface area contributed by atoms with E-state index >= 15 is 0 Å². The molecule has 6 nitrogen and oxygen atoms in total. The van der Waals surface area contributed by atoms with Crippen LogP contribution >= 0.6 is 0 Å². The molecule has 1 saturated carbocycles. The first-order valence-corrected chi connectivity index (χ1v) is 7.27. The average molecular weight is 289 g/mol. The Labute approximate surface area is 122 Å². The van der Waals surface area contributed by atoms with Gasteiger partial charge in [0.15, 0.2) is 5.75 Å². The summed E-state index contributed by atoms with van der Waals surface area (Å²) < 4.78 is 6.45. The molecule has 0 aliphatic heterocycles. The van der Waals surface area contributed by atoms with Crippen LogP contribution < -0.4 is 10.1 Å². The lowest BCUT2D eigenvalue weighted by Gasteiger charge is -2.30. The van der Waals surface area contributed by atoms with Gasteiger partial charge in [-0.1, -0.05) is 19.8 Å². The summed E-state index contributed by atoms with van der Waals surface area (Å²) >= 11 is 0. The standard InChI is InChI=1S/C15H19N3O3/c1-10-4-2-3-5-11(10)17-15-12-6-7-14(20)18(12)16-8-13(15)21-9-19/h6-11,17,20H,2-5H2,1H3. The molecule has 21 heavy (non-hydrogen) atoms. The van der Waals surface area contributed by atoms with Crippen LogP contribution in [0.4, 0.5) is 5.69 Å². The van der Waals surface area contributed by atoms with Crippen LogP contribution in [0, 0.1) is 5.92 Å². The molecule has 2 N–H and O–H groups in total. The van der Waals surface area contributed by atoms with Gasteiger partial charge in [0.05, 0.1) is 11.7 Å². The van der Waals surface area contributed by atoms with E-state index in [0.29, 0.717) is 35.4 Å². The number of hydrogen-bond acceptors (Lipinski definition) is 5. The number of hydrogen-bond donors (Lipinski definition) is 2. The number of anilines is 1. The Morgan fingerprint density at radius 1 is 1.43 bits per heavy atom. The van der Waals surface area contributed by atoms with Gasteiger partial charge in [-0.2, -0.15) is 9.61 Å². The molecule has 0 saturated heterocycles. The van der Waals surface area contributed by atoms with Crippen LogP contribution in [-0.2, 0) is 4.79 Å². The van der Waals surface area contributed by atoms with Crippen LogP contribution in [0.25, 0.3) is 5.52 Å². The Hall–Kier alpha value is -2.24. The van der Waals surface area contributed by atoms with E-state index in [1.165, 1.54) is 30.0 Å². The molecule has 2 aromatic heterocycles. The molecular weight excluding hydrogens is 270 g/mol. The van der Waals surface area contributed by atoms with Crippen molar-refractivity contribution >= 4 is 17.7 Å². The molecule has 2 heterocycles. The van der Waals surface area contributed by atoms with Crippen molar-refractivity contribution in [3.63, 3.8) is 0 Å². The van der Waals surface area contributed by atoms with E-state index in [-0.39, 0.29) is 5.88 Å². The van der Waals surface area contributed by atoms with Crippen molar-refractivity contribution in [2.24, 2.45) is 5.92 Å². The van der Waals surface area contributed by atoms with Crippen LogP contribution in [0.5, 0.6) is 11.6 Å². The Morgan fingerprint density at radius 3 is 3.00 bits per heavy atom. The predicted molar refractivity (Wildman–Crippen MR) is 78.6 cm³/mol. The number of carbonyl (C=O) groups excluding carboxylic acids is 1.